The molecular formula is C18H30N2O2. The summed E-state index contributed by atoms with van der Waals surface area (Å²) in [5.41, 5.74) is 7.04. The third-order valence-corrected chi connectivity index (χ3v) is 3.61. The Balaban J connectivity index is 2.27. The summed E-state index contributed by atoms with van der Waals surface area (Å²) in [4.78, 5) is 11.7. The topological polar surface area (TPSA) is 64.3 Å². The molecule has 4 nitrogen and oxygen atoms in total. The lowest BCUT2D eigenvalue weighted by molar-refractivity contribution is 0.0956. The number of unbranched alkanes of at least 4 members (excludes halogenated alkanes) is 6. The highest BCUT2D eigenvalue weighted by Gasteiger charge is 2.07. The maximum atomic E-state index is 11.7. The molecule has 0 atom stereocenters. The van der Waals surface area contributed by atoms with E-state index in [0.29, 0.717) is 30.2 Å². The highest BCUT2D eigenvalue weighted by atomic mass is 16.5. The van der Waals surface area contributed by atoms with Crippen LogP contribution in [0.4, 0.5) is 5.69 Å². The fourth-order valence-electron chi connectivity index (χ4n) is 2.33. The van der Waals surface area contributed by atoms with E-state index in [0.717, 1.165) is 6.42 Å². The predicted octanol–water partition coefficient (Wildman–Crippen LogP) is 4.15. The maximum absolute atomic E-state index is 11.7. The molecule has 0 saturated heterocycles. The lowest BCUT2D eigenvalue weighted by Crippen LogP contribution is -2.22. The van der Waals surface area contributed by atoms with E-state index in [4.69, 9.17) is 10.5 Å². The number of nitrogens with two attached hydrogens (primary N) is 1. The fraction of sp³-hybridized carbons (Fsp3) is 0.611. The molecule has 1 rings (SSSR count). The number of ether oxygens (including phenoxy) is 1. The molecule has 3 N–H and O–H groups in total. The highest BCUT2D eigenvalue weighted by Crippen LogP contribution is 2.23. The molecule has 0 aliphatic heterocycles. The van der Waals surface area contributed by atoms with Crippen molar-refractivity contribution < 1.29 is 9.53 Å². The van der Waals surface area contributed by atoms with Gasteiger partial charge in [0, 0.05) is 12.1 Å². The van der Waals surface area contributed by atoms with Gasteiger partial charge in [-0.05, 0) is 31.5 Å². The Hall–Kier alpha value is -1.71. The van der Waals surface area contributed by atoms with Crippen molar-refractivity contribution in [3.05, 3.63) is 23.8 Å². The molecule has 0 fully saturated rings. The van der Waals surface area contributed by atoms with Crippen LogP contribution in [-0.4, -0.2) is 19.1 Å². The fourth-order valence-corrected chi connectivity index (χ4v) is 2.33. The van der Waals surface area contributed by atoms with Crippen LogP contribution in [0.25, 0.3) is 0 Å². The van der Waals surface area contributed by atoms with Crippen molar-refractivity contribution in [1.82, 2.24) is 5.32 Å². The van der Waals surface area contributed by atoms with Crippen LogP contribution in [0.1, 0.15) is 69.2 Å². The molecule has 0 aliphatic rings. The van der Waals surface area contributed by atoms with Gasteiger partial charge in [0.2, 0.25) is 0 Å². The van der Waals surface area contributed by atoms with Crippen LogP contribution in [0.3, 0.4) is 0 Å². The van der Waals surface area contributed by atoms with Gasteiger partial charge in [-0.2, -0.15) is 0 Å². The molecule has 0 aliphatic carbocycles. The Bertz CT molecular complexity index is 447. The third-order valence-electron chi connectivity index (χ3n) is 3.61. The molecule has 0 saturated carbocycles. The Labute approximate surface area is 134 Å². The van der Waals surface area contributed by atoms with Gasteiger partial charge in [0.1, 0.15) is 5.75 Å². The number of hydrogen-bond donors (Lipinski definition) is 2. The van der Waals surface area contributed by atoms with Gasteiger partial charge in [0.15, 0.2) is 0 Å². The number of carbonyl (C=O) groups excluding carboxylic acids is 1. The molecule has 0 spiro atoms. The summed E-state index contributed by atoms with van der Waals surface area (Å²) in [5.74, 6) is 0.562. The van der Waals surface area contributed by atoms with E-state index in [1.165, 1.54) is 38.5 Å². The van der Waals surface area contributed by atoms with Crippen molar-refractivity contribution in [2.45, 2.75) is 58.8 Å². The van der Waals surface area contributed by atoms with Crippen LogP contribution in [-0.2, 0) is 0 Å². The molecule has 0 aromatic heterocycles. The molecule has 0 radical (unpaired) electrons. The summed E-state index contributed by atoms with van der Waals surface area (Å²) >= 11 is 0. The minimum atomic E-state index is -0.104. The van der Waals surface area contributed by atoms with Gasteiger partial charge in [0.05, 0.1) is 12.3 Å². The van der Waals surface area contributed by atoms with Crippen molar-refractivity contribution in [2.75, 3.05) is 18.9 Å². The molecule has 124 valence electrons. The normalized spacial score (nSPS) is 10.5. The Kier molecular flexibility index (Phi) is 9.12. The third kappa shape index (κ3) is 6.83. The second-order valence-corrected chi connectivity index (χ2v) is 5.58. The number of benzene rings is 1. The van der Waals surface area contributed by atoms with Gasteiger partial charge >= 0.3 is 0 Å². The Morgan fingerprint density at radius 3 is 2.41 bits per heavy atom. The summed E-state index contributed by atoms with van der Waals surface area (Å²) < 4.78 is 5.70. The summed E-state index contributed by atoms with van der Waals surface area (Å²) in [6.07, 6.45) is 8.79. The van der Waals surface area contributed by atoms with E-state index in [1.54, 1.807) is 18.2 Å². The minimum Gasteiger partial charge on any atom is -0.491 e. The zero-order valence-electron chi connectivity index (χ0n) is 14.0. The number of nitrogen functional groups attached to an aromatic ring is 1. The molecule has 4 heteroatoms. The van der Waals surface area contributed by atoms with Crippen molar-refractivity contribution in [3.63, 3.8) is 0 Å². The molecule has 22 heavy (non-hydrogen) atoms. The number of nitrogens with one attached hydrogen (secondary N) is 1. The molecule has 1 amide bonds. The van der Waals surface area contributed by atoms with Crippen molar-refractivity contribution in [1.29, 1.82) is 0 Å². The summed E-state index contributed by atoms with van der Waals surface area (Å²) in [6.45, 7) is 5.41. The van der Waals surface area contributed by atoms with Gasteiger partial charge in [-0.25, -0.2) is 0 Å². The lowest BCUT2D eigenvalue weighted by atomic mass is 10.1. The van der Waals surface area contributed by atoms with Crippen LogP contribution in [0, 0.1) is 0 Å². The van der Waals surface area contributed by atoms with Gasteiger partial charge < -0.3 is 15.8 Å². The molecule has 0 heterocycles. The van der Waals surface area contributed by atoms with E-state index in [9.17, 15) is 4.79 Å². The molecule has 0 bridgehead atoms. The second kappa shape index (κ2) is 10.9. The van der Waals surface area contributed by atoms with Crippen LogP contribution < -0.4 is 15.8 Å². The van der Waals surface area contributed by atoms with Gasteiger partial charge in [-0.15, -0.1) is 0 Å². The van der Waals surface area contributed by atoms with Gasteiger partial charge in [-0.1, -0.05) is 45.4 Å². The number of anilines is 1. The van der Waals surface area contributed by atoms with Gasteiger partial charge in [0.25, 0.3) is 5.91 Å². The Morgan fingerprint density at radius 1 is 1.09 bits per heavy atom. The second-order valence-electron chi connectivity index (χ2n) is 5.58. The van der Waals surface area contributed by atoms with E-state index in [2.05, 4.69) is 12.2 Å². The zero-order valence-corrected chi connectivity index (χ0v) is 14.0. The lowest BCUT2D eigenvalue weighted by Gasteiger charge is -2.10. The smallest absolute Gasteiger partial charge is 0.251 e. The zero-order chi connectivity index (χ0) is 16.2. The standard InChI is InChI=1S/C18H30N2O2/c1-3-5-6-7-8-9-10-13-22-17-12-11-15(14-16(17)19)18(21)20-4-2/h11-12,14H,3-10,13,19H2,1-2H3,(H,20,21). The van der Waals surface area contributed by atoms with E-state index in [-0.39, 0.29) is 5.91 Å². The largest absolute Gasteiger partial charge is 0.491 e. The minimum absolute atomic E-state index is 0.104. The number of amides is 1. The van der Waals surface area contributed by atoms with Crippen LogP contribution in [0.5, 0.6) is 5.75 Å². The first-order valence-electron chi connectivity index (χ1n) is 8.49. The number of carbonyl (C=O) groups is 1. The average molecular weight is 306 g/mol. The van der Waals surface area contributed by atoms with E-state index >= 15 is 0 Å². The molecule has 1 aromatic rings. The van der Waals surface area contributed by atoms with Crippen LogP contribution in [0.2, 0.25) is 0 Å². The first-order chi connectivity index (χ1) is 10.7. The van der Waals surface area contributed by atoms with Crippen molar-refractivity contribution >= 4 is 11.6 Å². The summed E-state index contributed by atoms with van der Waals surface area (Å²) in [7, 11) is 0. The van der Waals surface area contributed by atoms with Crippen molar-refractivity contribution in [2.24, 2.45) is 0 Å². The quantitative estimate of drug-likeness (QED) is 0.477. The molecule has 0 unspecified atom stereocenters. The first-order valence-corrected chi connectivity index (χ1v) is 8.49. The van der Waals surface area contributed by atoms with E-state index < -0.39 is 0 Å². The summed E-state index contributed by atoms with van der Waals surface area (Å²) in [5, 5.41) is 2.75. The van der Waals surface area contributed by atoms with E-state index in [1.807, 2.05) is 6.92 Å². The summed E-state index contributed by atoms with van der Waals surface area (Å²) in [6, 6.07) is 5.20. The van der Waals surface area contributed by atoms with Crippen LogP contribution in [0.15, 0.2) is 18.2 Å². The highest BCUT2D eigenvalue weighted by molar-refractivity contribution is 5.95. The first kappa shape index (κ1) is 18.3. The van der Waals surface area contributed by atoms with Crippen LogP contribution >= 0.6 is 0 Å². The SMILES string of the molecule is CCCCCCCCCOc1ccc(C(=O)NCC)cc1N. The maximum Gasteiger partial charge on any atom is 0.251 e. The molecular weight excluding hydrogens is 276 g/mol. The Morgan fingerprint density at radius 2 is 1.77 bits per heavy atom. The monoisotopic (exact) mass is 306 g/mol. The number of rotatable bonds is 11. The number of hydrogen-bond acceptors (Lipinski definition) is 3. The molecule has 1 aromatic carbocycles. The average Bonchev–Trinajstić information content (AvgIpc) is 2.51. The predicted molar refractivity (Wildman–Crippen MR) is 92.3 cm³/mol. The van der Waals surface area contributed by atoms with Gasteiger partial charge in [-0.3, -0.25) is 4.79 Å². The van der Waals surface area contributed by atoms with Crippen molar-refractivity contribution in [3.8, 4) is 5.75 Å².